The molecule has 0 saturated heterocycles. The SMILES string of the molecule is O=C(O)[C@@H](NCc1ccc(Cl)o1)C1CCCCC1. The van der Waals surface area contributed by atoms with E-state index in [2.05, 4.69) is 5.32 Å². The van der Waals surface area contributed by atoms with E-state index < -0.39 is 12.0 Å². The minimum absolute atomic E-state index is 0.224. The van der Waals surface area contributed by atoms with Gasteiger partial charge in [-0.3, -0.25) is 10.1 Å². The summed E-state index contributed by atoms with van der Waals surface area (Å²) in [6.45, 7) is 0.403. The zero-order valence-electron chi connectivity index (χ0n) is 10.2. The average molecular weight is 272 g/mol. The van der Waals surface area contributed by atoms with Crippen molar-refractivity contribution in [1.29, 1.82) is 0 Å². The Morgan fingerprint density at radius 1 is 1.44 bits per heavy atom. The van der Waals surface area contributed by atoms with Crippen molar-refractivity contribution in [2.75, 3.05) is 0 Å². The van der Waals surface area contributed by atoms with Crippen molar-refractivity contribution < 1.29 is 14.3 Å². The average Bonchev–Trinajstić information content (AvgIpc) is 2.76. The van der Waals surface area contributed by atoms with E-state index in [0.29, 0.717) is 17.5 Å². The Morgan fingerprint density at radius 3 is 2.72 bits per heavy atom. The third-order valence-corrected chi connectivity index (χ3v) is 3.72. The van der Waals surface area contributed by atoms with Crippen molar-refractivity contribution in [2.45, 2.75) is 44.7 Å². The lowest BCUT2D eigenvalue weighted by atomic mass is 9.84. The maximum absolute atomic E-state index is 11.3. The molecule has 0 aromatic carbocycles. The van der Waals surface area contributed by atoms with Crippen molar-refractivity contribution in [2.24, 2.45) is 5.92 Å². The van der Waals surface area contributed by atoms with E-state index in [1.807, 2.05) is 0 Å². The van der Waals surface area contributed by atoms with Gasteiger partial charge in [0.05, 0.1) is 6.54 Å². The maximum atomic E-state index is 11.3. The van der Waals surface area contributed by atoms with Gasteiger partial charge in [-0.15, -0.1) is 0 Å². The van der Waals surface area contributed by atoms with Crippen LogP contribution in [0.3, 0.4) is 0 Å². The van der Waals surface area contributed by atoms with Crippen molar-refractivity contribution >= 4 is 17.6 Å². The number of carbonyl (C=O) groups is 1. The Labute approximate surface area is 111 Å². The third-order valence-electron chi connectivity index (χ3n) is 3.51. The number of carboxylic acid groups (broad SMARTS) is 1. The van der Waals surface area contributed by atoms with Gasteiger partial charge >= 0.3 is 5.97 Å². The summed E-state index contributed by atoms with van der Waals surface area (Å²) in [6.07, 6.45) is 5.45. The fraction of sp³-hybridized carbons (Fsp3) is 0.615. The molecule has 0 spiro atoms. The Bertz CT molecular complexity index is 399. The molecule has 0 amide bonds. The van der Waals surface area contributed by atoms with Crippen LogP contribution < -0.4 is 5.32 Å². The number of rotatable bonds is 5. The van der Waals surface area contributed by atoms with Crippen LogP contribution in [0.15, 0.2) is 16.5 Å². The van der Waals surface area contributed by atoms with Gasteiger partial charge in [-0.2, -0.15) is 0 Å². The Hall–Kier alpha value is -1.00. The predicted octanol–water partition coefficient (Wildman–Crippen LogP) is 3.06. The Balaban J connectivity index is 1.91. The molecule has 1 heterocycles. The molecule has 18 heavy (non-hydrogen) atoms. The topological polar surface area (TPSA) is 62.5 Å². The highest BCUT2D eigenvalue weighted by Gasteiger charge is 2.28. The summed E-state index contributed by atoms with van der Waals surface area (Å²) in [5.41, 5.74) is 0. The second kappa shape index (κ2) is 6.25. The lowest BCUT2D eigenvalue weighted by Gasteiger charge is -2.27. The first kappa shape index (κ1) is 13.4. The molecule has 5 heteroatoms. The van der Waals surface area contributed by atoms with Gasteiger partial charge in [0, 0.05) is 0 Å². The molecular weight excluding hydrogens is 254 g/mol. The van der Waals surface area contributed by atoms with E-state index in [-0.39, 0.29) is 5.92 Å². The lowest BCUT2D eigenvalue weighted by molar-refractivity contribution is -0.141. The van der Waals surface area contributed by atoms with E-state index in [4.69, 9.17) is 16.0 Å². The van der Waals surface area contributed by atoms with Gasteiger partial charge < -0.3 is 9.52 Å². The van der Waals surface area contributed by atoms with Crippen LogP contribution in [0.2, 0.25) is 5.22 Å². The van der Waals surface area contributed by atoms with Crippen LogP contribution in [0.5, 0.6) is 0 Å². The number of halogens is 1. The normalized spacial score (nSPS) is 18.7. The summed E-state index contributed by atoms with van der Waals surface area (Å²) < 4.78 is 5.21. The predicted molar refractivity (Wildman–Crippen MR) is 68.6 cm³/mol. The highest BCUT2D eigenvalue weighted by atomic mass is 35.5. The van der Waals surface area contributed by atoms with Crippen LogP contribution in [0, 0.1) is 5.92 Å². The molecule has 1 aromatic rings. The van der Waals surface area contributed by atoms with Gasteiger partial charge in [0.25, 0.3) is 0 Å². The van der Waals surface area contributed by atoms with Gasteiger partial charge in [0.1, 0.15) is 11.8 Å². The van der Waals surface area contributed by atoms with Crippen LogP contribution in [0.25, 0.3) is 0 Å². The van der Waals surface area contributed by atoms with Gasteiger partial charge in [0.2, 0.25) is 0 Å². The Morgan fingerprint density at radius 2 is 2.17 bits per heavy atom. The highest BCUT2D eigenvalue weighted by molar-refractivity contribution is 6.28. The van der Waals surface area contributed by atoms with Crippen LogP contribution in [-0.2, 0) is 11.3 Å². The molecule has 1 aliphatic carbocycles. The van der Waals surface area contributed by atoms with Crippen molar-refractivity contribution in [3.8, 4) is 0 Å². The molecule has 0 aliphatic heterocycles. The van der Waals surface area contributed by atoms with Gasteiger partial charge in [0.15, 0.2) is 5.22 Å². The van der Waals surface area contributed by atoms with Crippen LogP contribution in [0.1, 0.15) is 37.9 Å². The first-order valence-corrected chi connectivity index (χ1v) is 6.75. The second-order valence-electron chi connectivity index (χ2n) is 4.80. The number of hydrogen-bond donors (Lipinski definition) is 2. The third kappa shape index (κ3) is 3.50. The second-order valence-corrected chi connectivity index (χ2v) is 5.17. The molecule has 1 atom stereocenters. The van der Waals surface area contributed by atoms with Crippen molar-refractivity contribution in [3.05, 3.63) is 23.1 Å². The minimum Gasteiger partial charge on any atom is -0.480 e. The number of carboxylic acids is 1. The quantitative estimate of drug-likeness (QED) is 0.864. The van der Waals surface area contributed by atoms with Crippen molar-refractivity contribution in [1.82, 2.24) is 5.32 Å². The molecule has 1 aliphatic rings. The smallest absolute Gasteiger partial charge is 0.320 e. The van der Waals surface area contributed by atoms with Gasteiger partial charge in [-0.05, 0) is 42.5 Å². The minimum atomic E-state index is -0.778. The molecule has 0 unspecified atom stereocenters. The molecule has 4 nitrogen and oxygen atoms in total. The summed E-state index contributed by atoms with van der Waals surface area (Å²) in [4.78, 5) is 11.3. The molecule has 2 rings (SSSR count). The van der Waals surface area contributed by atoms with Crippen LogP contribution >= 0.6 is 11.6 Å². The molecule has 1 fully saturated rings. The number of hydrogen-bond acceptors (Lipinski definition) is 3. The van der Waals surface area contributed by atoms with Gasteiger partial charge in [-0.25, -0.2) is 0 Å². The first-order chi connectivity index (χ1) is 8.66. The van der Waals surface area contributed by atoms with E-state index in [0.717, 1.165) is 25.7 Å². The molecule has 0 bridgehead atoms. The molecular formula is C13H18ClNO3. The molecule has 1 saturated carbocycles. The summed E-state index contributed by atoms with van der Waals surface area (Å²) in [6, 6.07) is 2.93. The summed E-state index contributed by atoms with van der Waals surface area (Å²) >= 11 is 5.68. The Kier molecular flexibility index (Phi) is 4.66. The zero-order chi connectivity index (χ0) is 13.0. The van der Waals surface area contributed by atoms with E-state index in [1.54, 1.807) is 12.1 Å². The number of aliphatic carboxylic acids is 1. The number of nitrogens with one attached hydrogen (secondary N) is 1. The standard InChI is InChI=1S/C13H18ClNO3/c14-11-7-6-10(18-11)8-15-12(13(16)17)9-4-2-1-3-5-9/h6-7,9,12,15H,1-5,8H2,(H,16,17)/t12-/m0/s1. The zero-order valence-corrected chi connectivity index (χ0v) is 10.9. The molecule has 1 aromatic heterocycles. The molecule has 2 N–H and O–H groups in total. The fourth-order valence-electron chi connectivity index (χ4n) is 2.58. The maximum Gasteiger partial charge on any atom is 0.320 e. The van der Waals surface area contributed by atoms with E-state index in [9.17, 15) is 9.90 Å². The first-order valence-electron chi connectivity index (χ1n) is 6.37. The summed E-state index contributed by atoms with van der Waals surface area (Å²) in [7, 11) is 0. The molecule has 0 radical (unpaired) electrons. The largest absolute Gasteiger partial charge is 0.480 e. The lowest BCUT2D eigenvalue weighted by Crippen LogP contribution is -2.43. The highest BCUT2D eigenvalue weighted by Crippen LogP contribution is 2.27. The van der Waals surface area contributed by atoms with Gasteiger partial charge in [-0.1, -0.05) is 19.3 Å². The fourth-order valence-corrected chi connectivity index (χ4v) is 2.74. The summed E-state index contributed by atoms with van der Waals surface area (Å²) in [5, 5.41) is 12.7. The number of furan rings is 1. The summed E-state index contributed by atoms with van der Waals surface area (Å²) in [5.74, 6) is 0.114. The van der Waals surface area contributed by atoms with Crippen LogP contribution in [-0.4, -0.2) is 17.1 Å². The monoisotopic (exact) mass is 271 g/mol. The van der Waals surface area contributed by atoms with Crippen LogP contribution in [0.4, 0.5) is 0 Å². The van der Waals surface area contributed by atoms with E-state index in [1.165, 1.54) is 6.42 Å². The molecule has 100 valence electrons. The van der Waals surface area contributed by atoms with E-state index >= 15 is 0 Å². The van der Waals surface area contributed by atoms with Crippen molar-refractivity contribution in [3.63, 3.8) is 0 Å².